The van der Waals surface area contributed by atoms with Crippen LogP contribution in [-0.4, -0.2) is 48.2 Å². The first-order valence-corrected chi connectivity index (χ1v) is 10.3. The maximum Gasteiger partial charge on any atom is 0.407 e. The van der Waals surface area contributed by atoms with Crippen LogP contribution < -0.4 is 5.32 Å². The number of nitrogens with one attached hydrogen (secondary N) is 1. The number of carbonyl (C=O) groups excluding carboxylic acids is 2. The standard InChI is InChI=1S/C23H34N2O4/c1-18-15-20(17-28-16-19-11-7-5-8-12-19)25(21(18)26)14-10-6-9-13-24-22(27)29-23(2,3)4/h5,7-8,11-12,20H,1,6,9-10,13-17H2,2-4H3,(H,24,27). The largest absolute Gasteiger partial charge is 0.444 e. The number of hydrogen-bond acceptors (Lipinski definition) is 4. The highest BCUT2D eigenvalue weighted by Crippen LogP contribution is 2.24. The SMILES string of the molecule is C=C1CC(COCc2ccccc2)N(CCCCCNC(=O)OC(C)(C)C)C1=O. The maximum absolute atomic E-state index is 12.4. The van der Waals surface area contributed by atoms with Crippen LogP contribution in [0.4, 0.5) is 4.79 Å². The molecule has 6 heteroatoms. The summed E-state index contributed by atoms with van der Waals surface area (Å²) in [5.74, 6) is 0.0326. The van der Waals surface area contributed by atoms with Gasteiger partial charge in [0.05, 0.1) is 19.3 Å². The summed E-state index contributed by atoms with van der Waals surface area (Å²) in [6.07, 6.45) is 2.91. The number of rotatable bonds is 10. The highest BCUT2D eigenvalue weighted by Gasteiger charge is 2.33. The molecular weight excluding hydrogens is 368 g/mol. The molecule has 1 saturated heterocycles. The first-order chi connectivity index (χ1) is 13.8. The number of alkyl carbamates (subject to hydrolysis) is 1. The molecule has 1 atom stereocenters. The maximum atomic E-state index is 12.4. The molecule has 1 fully saturated rings. The number of likely N-dealkylation sites (tertiary alicyclic amines) is 1. The monoisotopic (exact) mass is 402 g/mol. The van der Waals surface area contributed by atoms with Crippen molar-refractivity contribution >= 4 is 12.0 Å². The zero-order valence-corrected chi connectivity index (χ0v) is 17.9. The second kappa shape index (κ2) is 11.0. The number of nitrogens with zero attached hydrogens (tertiary/aromatic N) is 1. The lowest BCUT2D eigenvalue weighted by molar-refractivity contribution is -0.127. The molecule has 1 aromatic carbocycles. The zero-order chi connectivity index (χ0) is 21.3. The van der Waals surface area contributed by atoms with Gasteiger partial charge in [-0.25, -0.2) is 4.79 Å². The second-order valence-electron chi connectivity index (χ2n) is 8.45. The van der Waals surface area contributed by atoms with Gasteiger partial charge in [-0.05, 0) is 52.0 Å². The molecule has 0 saturated carbocycles. The van der Waals surface area contributed by atoms with Crippen molar-refractivity contribution < 1.29 is 19.1 Å². The van der Waals surface area contributed by atoms with Crippen LogP contribution in [0.2, 0.25) is 0 Å². The summed E-state index contributed by atoms with van der Waals surface area (Å²) < 4.78 is 11.1. The van der Waals surface area contributed by atoms with Crippen molar-refractivity contribution in [3.05, 3.63) is 48.0 Å². The Labute approximate surface area is 174 Å². The van der Waals surface area contributed by atoms with Gasteiger partial charge in [-0.3, -0.25) is 4.79 Å². The Hall–Kier alpha value is -2.34. The van der Waals surface area contributed by atoms with Gasteiger partial charge in [-0.15, -0.1) is 0 Å². The van der Waals surface area contributed by atoms with Crippen LogP contribution in [0.25, 0.3) is 0 Å². The summed E-state index contributed by atoms with van der Waals surface area (Å²) in [4.78, 5) is 25.9. The lowest BCUT2D eigenvalue weighted by atomic mass is 10.2. The fraction of sp³-hybridized carbons (Fsp3) is 0.565. The van der Waals surface area contributed by atoms with Crippen molar-refractivity contribution in [2.45, 2.75) is 64.7 Å². The molecule has 6 nitrogen and oxygen atoms in total. The summed E-state index contributed by atoms with van der Waals surface area (Å²) >= 11 is 0. The molecular formula is C23H34N2O4. The second-order valence-corrected chi connectivity index (χ2v) is 8.45. The van der Waals surface area contributed by atoms with Gasteiger partial charge in [0, 0.05) is 18.7 Å². The normalized spacial score (nSPS) is 16.9. The number of carbonyl (C=O) groups is 2. The van der Waals surface area contributed by atoms with E-state index in [2.05, 4.69) is 11.9 Å². The molecule has 0 spiro atoms. The minimum Gasteiger partial charge on any atom is -0.444 e. The summed E-state index contributed by atoms with van der Waals surface area (Å²) in [6, 6.07) is 10.1. The molecule has 1 unspecified atom stereocenters. The van der Waals surface area contributed by atoms with Crippen LogP contribution in [0.1, 0.15) is 52.0 Å². The van der Waals surface area contributed by atoms with Gasteiger partial charge in [-0.2, -0.15) is 0 Å². The van der Waals surface area contributed by atoms with Crippen molar-refractivity contribution in [2.75, 3.05) is 19.7 Å². The third kappa shape index (κ3) is 8.28. The van der Waals surface area contributed by atoms with Crippen molar-refractivity contribution in [1.82, 2.24) is 10.2 Å². The fourth-order valence-electron chi connectivity index (χ4n) is 3.26. The van der Waals surface area contributed by atoms with E-state index in [4.69, 9.17) is 9.47 Å². The van der Waals surface area contributed by atoms with Crippen LogP contribution in [0, 0.1) is 0 Å². The molecule has 1 aliphatic rings. The topological polar surface area (TPSA) is 67.9 Å². The third-order valence-electron chi connectivity index (χ3n) is 4.65. The van der Waals surface area contributed by atoms with E-state index in [1.807, 2.05) is 56.0 Å². The van der Waals surface area contributed by atoms with Crippen LogP contribution in [-0.2, 0) is 20.9 Å². The lowest BCUT2D eigenvalue weighted by Crippen LogP contribution is -2.37. The Morgan fingerprint density at radius 3 is 2.62 bits per heavy atom. The van der Waals surface area contributed by atoms with Crippen LogP contribution in [0.15, 0.2) is 42.5 Å². The Morgan fingerprint density at radius 2 is 1.93 bits per heavy atom. The predicted molar refractivity (Wildman–Crippen MR) is 113 cm³/mol. The number of unbranched alkanes of at least 4 members (excludes halogenated alkanes) is 2. The molecule has 1 aromatic rings. The van der Waals surface area contributed by atoms with Gasteiger partial charge in [0.2, 0.25) is 5.91 Å². The van der Waals surface area contributed by atoms with Gasteiger partial charge >= 0.3 is 6.09 Å². The van der Waals surface area contributed by atoms with Crippen molar-refractivity contribution in [2.24, 2.45) is 0 Å². The van der Waals surface area contributed by atoms with E-state index in [0.717, 1.165) is 24.8 Å². The minimum atomic E-state index is -0.486. The quantitative estimate of drug-likeness (QED) is 0.473. The Bertz CT molecular complexity index is 682. The van der Waals surface area contributed by atoms with E-state index in [1.54, 1.807) is 0 Å². The average molecular weight is 403 g/mol. The molecule has 1 aliphatic heterocycles. The van der Waals surface area contributed by atoms with Crippen LogP contribution >= 0.6 is 0 Å². The van der Waals surface area contributed by atoms with E-state index in [9.17, 15) is 9.59 Å². The van der Waals surface area contributed by atoms with E-state index < -0.39 is 5.60 Å². The van der Waals surface area contributed by atoms with Crippen LogP contribution in [0.3, 0.4) is 0 Å². The smallest absolute Gasteiger partial charge is 0.407 e. The Kier molecular flexibility index (Phi) is 8.70. The molecule has 0 aromatic heterocycles. The molecule has 2 amide bonds. The third-order valence-corrected chi connectivity index (χ3v) is 4.65. The van der Waals surface area contributed by atoms with Gasteiger partial charge in [0.1, 0.15) is 5.60 Å². The molecule has 0 aliphatic carbocycles. The summed E-state index contributed by atoms with van der Waals surface area (Å²) in [7, 11) is 0. The van der Waals surface area contributed by atoms with Crippen LogP contribution in [0.5, 0.6) is 0 Å². The minimum absolute atomic E-state index is 0.0326. The van der Waals surface area contributed by atoms with Gasteiger partial charge in [-0.1, -0.05) is 36.9 Å². The van der Waals surface area contributed by atoms with Crippen molar-refractivity contribution in [3.63, 3.8) is 0 Å². The summed E-state index contributed by atoms with van der Waals surface area (Å²) in [6.45, 7) is 11.7. The highest BCUT2D eigenvalue weighted by molar-refractivity contribution is 5.95. The number of hydrogen-bond donors (Lipinski definition) is 1. The fourth-order valence-corrected chi connectivity index (χ4v) is 3.26. The van der Waals surface area contributed by atoms with Gasteiger partial charge < -0.3 is 19.7 Å². The van der Waals surface area contributed by atoms with Crippen molar-refractivity contribution in [1.29, 1.82) is 0 Å². The van der Waals surface area contributed by atoms with Crippen molar-refractivity contribution in [3.8, 4) is 0 Å². The summed E-state index contributed by atoms with van der Waals surface area (Å²) in [5.41, 5.74) is 1.30. The molecule has 1 heterocycles. The zero-order valence-electron chi connectivity index (χ0n) is 17.9. The molecule has 0 bridgehead atoms. The first kappa shape index (κ1) is 22.9. The number of amides is 2. The van der Waals surface area contributed by atoms with Gasteiger partial charge in [0.25, 0.3) is 0 Å². The molecule has 1 N–H and O–H groups in total. The Balaban J connectivity index is 1.65. The highest BCUT2D eigenvalue weighted by atomic mass is 16.6. The molecule has 2 rings (SSSR count). The summed E-state index contributed by atoms with van der Waals surface area (Å²) in [5, 5.41) is 2.76. The van der Waals surface area contributed by atoms with E-state index in [1.165, 1.54) is 0 Å². The number of benzene rings is 1. The average Bonchev–Trinajstić information content (AvgIpc) is 2.91. The van der Waals surface area contributed by atoms with E-state index >= 15 is 0 Å². The predicted octanol–water partition coefficient (Wildman–Crippen LogP) is 4.06. The Morgan fingerprint density at radius 1 is 1.21 bits per heavy atom. The van der Waals surface area contributed by atoms with E-state index in [0.29, 0.717) is 38.3 Å². The first-order valence-electron chi connectivity index (χ1n) is 10.3. The number of ether oxygens (including phenoxy) is 2. The molecule has 0 radical (unpaired) electrons. The lowest BCUT2D eigenvalue weighted by Gasteiger charge is -2.24. The molecule has 160 valence electrons. The molecule has 29 heavy (non-hydrogen) atoms. The van der Waals surface area contributed by atoms with E-state index in [-0.39, 0.29) is 18.0 Å². The van der Waals surface area contributed by atoms with Gasteiger partial charge in [0.15, 0.2) is 0 Å².